The van der Waals surface area contributed by atoms with Gasteiger partial charge in [-0.1, -0.05) is 101 Å². The molecule has 2 aromatic carbocycles. The SMILES string of the molecule is CC(=O)O.CC(=O)O.COC(=O)CCCCCCCc1ccc(N)cc1.COC(=O)CCCCCCCc1ccc(Nc2nc(NC3CCCCC3)c3ncn(C4CCCCO4)c3n2)cc1.Clc1nc(NC2CCCCC2)c2ncn(C3CCCCO3)c2n1.[Pd]. The largest absolute Gasteiger partial charge is 0.481 e. The fraction of sp³-hybridized carbons (Fsp3) is 0.606. The Kier molecular flexibility index (Phi) is 34.5. The first-order chi connectivity index (χ1) is 43.2. The van der Waals surface area contributed by atoms with E-state index in [4.69, 9.17) is 66.3 Å². The molecule has 2 unspecified atom stereocenters. The van der Waals surface area contributed by atoms with Gasteiger partial charge in [0.05, 0.1) is 26.9 Å². The zero-order valence-corrected chi connectivity index (χ0v) is 55.5. The molecule has 2 aliphatic heterocycles. The summed E-state index contributed by atoms with van der Waals surface area (Å²) in [5.41, 5.74) is 13.3. The second-order valence-corrected chi connectivity index (χ2v) is 23.6. The van der Waals surface area contributed by atoms with Crippen LogP contribution >= 0.6 is 11.6 Å². The predicted molar refractivity (Wildman–Crippen MR) is 348 cm³/mol. The average molecular weight is 1360 g/mol. The van der Waals surface area contributed by atoms with Crippen LogP contribution in [0.5, 0.6) is 0 Å². The van der Waals surface area contributed by atoms with Crippen LogP contribution < -0.4 is 21.7 Å². The smallest absolute Gasteiger partial charge is 0.305 e. The number of carboxylic acid groups (broad SMARTS) is 2. The van der Waals surface area contributed by atoms with Crippen molar-refractivity contribution in [2.24, 2.45) is 0 Å². The van der Waals surface area contributed by atoms with Gasteiger partial charge in [-0.3, -0.25) is 28.3 Å². The van der Waals surface area contributed by atoms with Crippen LogP contribution in [-0.2, 0) is 71.4 Å². The van der Waals surface area contributed by atoms with Crippen molar-refractivity contribution in [3.63, 3.8) is 0 Å². The van der Waals surface area contributed by atoms with E-state index in [1.165, 1.54) is 102 Å². The van der Waals surface area contributed by atoms with Crippen molar-refractivity contribution < 1.29 is 68.8 Å². The fourth-order valence-electron chi connectivity index (χ4n) is 11.3. The summed E-state index contributed by atoms with van der Waals surface area (Å²) >= 11 is 6.17. The Morgan fingerprint density at radius 2 is 0.956 bits per heavy atom. The van der Waals surface area contributed by atoms with Gasteiger partial charge in [0.25, 0.3) is 11.9 Å². The number of aryl methyl sites for hydroxylation is 2. The Balaban J connectivity index is 0.000000249. The van der Waals surface area contributed by atoms with Gasteiger partial charge in [-0.2, -0.15) is 19.9 Å². The van der Waals surface area contributed by atoms with Gasteiger partial charge in [0.1, 0.15) is 12.5 Å². The maximum absolute atomic E-state index is 11.2. The summed E-state index contributed by atoms with van der Waals surface area (Å²) in [6, 6.07) is 17.5. The van der Waals surface area contributed by atoms with Crippen LogP contribution in [0.1, 0.15) is 217 Å². The van der Waals surface area contributed by atoms with E-state index in [1.54, 1.807) is 6.33 Å². The van der Waals surface area contributed by atoms with Gasteiger partial charge in [-0.05, 0) is 150 Å². The van der Waals surface area contributed by atoms with Crippen LogP contribution in [0.15, 0.2) is 61.2 Å². The Bertz CT molecular complexity index is 3020. The number of aliphatic carboxylic acids is 2. The Morgan fingerprint density at radius 1 is 0.556 bits per heavy atom. The molecule has 0 radical (unpaired) electrons. The third-order valence-corrected chi connectivity index (χ3v) is 16.1. The van der Waals surface area contributed by atoms with E-state index in [-0.39, 0.29) is 50.1 Å². The molecule has 4 fully saturated rings. The van der Waals surface area contributed by atoms with Gasteiger partial charge in [-0.25, -0.2) is 9.97 Å². The number of nitrogens with one attached hydrogen (secondary N) is 3. The minimum absolute atomic E-state index is 0. The molecule has 10 rings (SSSR count). The summed E-state index contributed by atoms with van der Waals surface area (Å²) in [4.78, 5) is 67.9. The molecule has 4 aliphatic rings. The molecular formula is C66H97ClN12O10Pd. The molecule has 498 valence electrons. The van der Waals surface area contributed by atoms with Crippen molar-refractivity contribution in [2.75, 3.05) is 49.1 Å². The van der Waals surface area contributed by atoms with Crippen LogP contribution in [0.3, 0.4) is 0 Å². The third-order valence-electron chi connectivity index (χ3n) is 16.0. The number of ether oxygens (including phenoxy) is 4. The van der Waals surface area contributed by atoms with Crippen LogP contribution in [0.4, 0.5) is 29.0 Å². The average Bonchev–Trinajstić information content (AvgIpc) is 1.83. The van der Waals surface area contributed by atoms with Crippen molar-refractivity contribution in [3.8, 4) is 0 Å². The molecule has 2 atom stereocenters. The van der Waals surface area contributed by atoms with Crippen LogP contribution in [0.2, 0.25) is 5.28 Å². The first kappa shape index (κ1) is 74.2. The van der Waals surface area contributed by atoms with Crippen LogP contribution in [0, 0.1) is 0 Å². The van der Waals surface area contributed by atoms with Crippen molar-refractivity contribution in [1.82, 2.24) is 39.0 Å². The van der Waals surface area contributed by atoms with Crippen molar-refractivity contribution in [1.29, 1.82) is 0 Å². The summed E-state index contributed by atoms with van der Waals surface area (Å²) in [7, 11) is 2.89. The molecule has 0 amide bonds. The van der Waals surface area contributed by atoms with E-state index in [0.717, 1.165) is 175 Å². The van der Waals surface area contributed by atoms with E-state index < -0.39 is 11.9 Å². The zero-order valence-electron chi connectivity index (χ0n) is 53.2. The molecule has 7 N–H and O–H groups in total. The van der Waals surface area contributed by atoms with E-state index in [9.17, 15) is 9.59 Å². The van der Waals surface area contributed by atoms with E-state index >= 15 is 0 Å². The minimum Gasteiger partial charge on any atom is -0.481 e. The molecule has 24 heteroatoms. The standard InChI is InChI=1S/C31H44N6O3.C16H22ClN5O.C15H23NO2.2C2H4O2.Pd/c1-39-27(38)16-9-4-2-3-6-12-23-17-19-25(20-18-23)34-31-35-29(33-24-13-7-5-8-14-24)28-30(36-31)37(22-32-28)26-15-10-11-21-40-26;17-16-20-14(19-11-6-2-1-3-7-11)13-15(21-16)22(10-18-13)12-8-4-5-9-23-12;1-18-15(17)8-6-4-2-3-5-7-13-9-11-14(16)12-10-13;2*1-2(3)4;/h17-20,22,24,26H,2-16,21H2,1H3,(H2,33,34,35,36);10-12H,1-9H2,(H,19,20,21);9-12H,2-8,16H2,1H3;2*1H3,(H,3,4);. The number of fused-ring (bicyclic) bond motifs is 2. The summed E-state index contributed by atoms with van der Waals surface area (Å²) in [6.07, 6.45) is 36.8. The van der Waals surface area contributed by atoms with Crippen molar-refractivity contribution >= 4 is 86.8 Å². The third kappa shape index (κ3) is 27.1. The number of rotatable bonds is 24. The van der Waals surface area contributed by atoms with E-state index in [1.807, 2.05) is 23.0 Å². The molecule has 6 heterocycles. The summed E-state index contributed by atoms with van der Waals surface area (Å²) in [5.74, 6) is 0.248. The number of anilines is 5. The van der Waals surface area contributed by atoms with Gasteiger partial charge >= 0.3 is 11.9 Å². The number of imidazole rings is 2. The number of hydrogen-bond acceptors (Lipinski definition) is 18. The number of hydrogen-bond donors (Lipinski definition) is 6. The number of nitrogens with zero attached hydrogens (tertiary/aromatic N) is 8. The second-order valence-electron chi connectivity index (χ2n) is 23.3. The molecule has 2 saturated carbocycles. The summed E-state index contributed by atoms with van der Waals surface area (Å²) in [5, 5.41) is 25.8. The van der Waals surface area contributed by atoms with Gasteiger partial charge in [-0.15, -0.1) is 0 Å². The first-order valence-corrected chi connectivity index (χ1v) is 32.7. The molecular weight excluding hydrogens is 1260 g/mol. The number of carboxylic acids is 2. The van der Waals surface area contributed by atoms with Gasteiger partial charge in [0, 0.05) is 83.8 Å². The number of nitrogens with two attached hydrogens (primary N) is 1. The predicted octanol–water partition coefficient (Wildman–Crippen LogP) is 14.5. The number of unbranched alkanes of at least 4 members (excludes halogenated alkanes) is 8. The van der Waals surface area contributed by atoms with Gasteiger partial charge < -0.3 is 50.8 Å². The van der Waals surface area contributed by atoms with E-state index in [2.05, 4.69) is 76.6 Å². The maximum Gasteiger partial charge on any atom is 0.305 e. The first-order valence-electron chi connectivity index (χ1n) is 32.3. The van der Waals surface area contributed by atoms with Crippen LogP contribution in [0.25, 0.3) is 22.3 Å². The maximum atomic E-state index is 11.2. The fourth-order valence-corrected chi connectivity index (χ4v) is 11.4. The quantitative estimate of drug-likeness (QED) is 0.0108. The van der Waals surface area contributed by atoms with Gasteiger partial charge in [0.15, 0.2) is 34.0 Å². The van der Waals surface area contributed by atoms with Gasteiger partial charge in [0.2, 0.25) is 11.2 Å². The number of carbonyl (C=O) groups excluding carboxylic acids is 2. The molecule has 4 aromatic heterocycles. The van der Waals surface area contributed by atoms with E-state index in [0.29, 0.717) is 30.9 Å². The number of carbonyl (C=O) groups is 4. The van der Waals surface area contributed by atoms with Crippen LogP contribution in [-0.4, -0.2) is 113 Å². The number of halogens is 1. The monoisotopic (exact) mass is 1360 g/mol. The molecule has 2 saturated heterocycles. The number of benzene rings is 2. The Hall–Kier alpha value is -6.51. The molecule has 2 aliphatic carbocycles. The summed E-state index contributed by atoms with van der Waals surface area (Å²) < 4.78 is 25.3. The summed E-state index contributed by atoms with van der Waals surface area (Å²) in [6.45, 7) is 3.73. The molecule has 22 nitrogen and oxygen atoms in total. The number of methoxy groups -OCH3 is 2. The normalized spacial score (nSPS) is 16.6. The zero-order chi connectivity index (χ0) is 63.6. The molecule has 0 bridgehead atoms. The molecule has 0 spiro atoms. The Labute approximate surface area is 549 Å². The number of esters is 2. The number of nitrogen functional groups attached to an aromatic ring is 1. The topological polar surface area (TPSA) is 295 Å². The number of aromatic nitrogens is 8. The molecule has 90 heavy (non-hydrogen) atoms. The Morgan fingerprint density at radius 3 is 1.39 bits per heavy atom. The van der Waals surface area contributed by atoms with Crippen molar-refractivity contribution in [3.05, 3.63) is 77.6 Å². The second kappa shape index (κ2) is 41.8. The molecule has 6 aromatic rings. The minimum atomic E-state index is -0.833. The van der Waals surface area contributed by atoms with Crippen molar-refractivity contribution in [2.45, 2.75) is 231 Å².